The zero-order chi connectivity index (χ0) is 17.5. The van der Waals surface area contributed by atoms with Crippen molar-refractivity contribution in [1.82, 2.24) is 4.98 Å². The number of anilines is 1. The largest absolute Gasteiger partial charge is 0.269 e. The third-order valence-corrected chi connectivity index (χ3v) is 4.04. The Morgan fingerprint density at radius 3 is 2.09 bits per heavy atom. The molecule has 124 valence electrons. The molecule has 0 saturated heterocycles. The van der Waals surface area contributed by atoms with E-state index in [4.69, 9.17) is 0 Å². The van der Waals surface area contributed by atoms with Crippen LogP contribution in [-0.2, 0) is 21.7 Å². The number of carbonyl (C=O) groups excluding carboxylic acids is 2. The van der Waals surface area contributed by atoms with Crippen molar-refractivity contribution >= 4 is 17.6 Å². The van der Waals surface area contributed by atoms with Gasteiger partial charge in [-0.05, 0) is 46.1 Å². The van der Waals surface area contributed by atoms with Crippen molar-refractivity contribution in [2.24, 2.45) is 5.92 Å². The third-order valence-electron chi connectivity index (χ3n) is 4.04. The molecule has 2 rings (SSSR count). The zero-order valence-corrected chi connectivity index (χ0v) is 14.5. The van der Waals surface area contributed by atoms with Crippen LogP contribution in [0.3, 0.4) is 0 Å². The molecule has 23 heavy (non-hydrogen) atoms. The van der Waals surface area contributed by atoms with Crippen LogP contribution in [0.15, 0.2) is 23.3 Å². The van der Waals surface area contributed by atoms with Gasteiger partial charge in [0.2, 0.25) is 0 Å². The van der Waals surface area contributed by atoms with E-state index >= 15 is 0 Å². The van der Waals surface area contributed by atoms with Crippen molar-refractivity contribution in [3.05, 3.63) is 34.5 Å². The lowest BCUT2D eigenvalue weighted by atomic mass is 9.94. The van der Waals surface area contributed by atoms with Gasteiger partial charge in [0, 0.05) is 22.4 Å². The van der Waals surface area contributed by atoms with Crippen molar-refractivity contribution < 1.29 is 14.0 Å². The lowest BCUT2D eigenvalue weighted by Crippen LogP contribution is -2.32. The summed E-state index contributed by atoms with van der Waals surface area (Å²) in [4.78, 5) is 30.1. The molecule has 0 bridgehead atoms. The first-order valence-electron chi connectivity index (χ1n) is 7.79. The van der Waals surface area contributed by atoms with Crippen LogP contribution in [-0.4, -0.2) is 16.8 Å². The summed E-state index contributed by atoms with van der Waals surface area (Å²) in [6.07, 6.45) is 0.581. The van der Waals surface area contributed by atoms with E-state index in [1.807, 2.05) is 13.8 Å². The summed E-state index contributed by atoms with van der Waals surface area (Å²) in [5.41, 5.74) is 0.413. The van der Waals surface area contributed by atoms with E-state index < -0.39 is 5.67 Å². The predicted molar refractivity (Wildman–Crippen MR) is 87.8 cm³/mol. The molecule has 1 aliphatic rings. The van der Waals surface area contributed by atoms with E-state index in [1.165, 1.54) is 13.8 Å². The molecule has 4 nitrogen and oxygen atoms in total. The third kappa shape index (κ3) is 3.19. The number of hydrogen-bond donors (Lipinski definition) is 0. The summed E-state index contributed by atoms with van der Waals surface area (Å²) in [6.45, 7) is 10.3. The zero-order valence-electron chi connectivity index (χ0n) is 14.5. The second-order valence-corrected chi connectivity index (χ2v) is 6.93. The standard InChI is InChI=1S/C18H23FN2O2/c1-10(2)9-14-13(18(5,6)19)7-8-15(20-14)21-16(22)11(3)12(4)17(21)23/h7-8,10H,9H2,1-6H3. The number of aromatic nitrogens is 1. The fourth-order valence-corrected chi connectivity index (χ4v) is 2.65. The van der Waals surface area contributed by atoms with Crippen molar-refractivity contribution in [2.75, 3.05) is 4.90 Å². The maximum atomic E-state index is 14.4. The molecule has 0 aliphatic carbocycles. The van der Waals surface area contributed by atoms with Crippen LogP contribution >= 0.6 is 0 Å². The van der Waals surface area contributed by atoms with Gasteiger partial charge in [-0.25, -0.2) is 14.3 Å². The first kappa shape index (κ1) is 17.3. The number of halogens is 1. The van der Waals surface area contributed by atoms with Crippen LogP contribution in [0.1, 0.15) is 52.8 Å². The normalized spacial score (nSPS) is 16.1. The SMILES string of the molecule is CC1=C(C)C(=O)N(c2ccc(C(C)(C)F)c(CC(C)C)n2)C1=O. The van der Waals surface area contributed by atoms with E-state index in [9.17, 15) is 14.0 Å². The lowest BCUT2D eigenvalue weighted by Gasteiger charge is -2.22. The Hall–Kier alpha value is -2.04. The second kappa shape index (κ2) is 5.87. The maximum absolute atomic E-state index is 14.4. The summed E-state index contributed by atoms with van der Waals surface area (Å²) in [5.74, 6) is -0.171. The molecular formula is C18H23FN2O2. The highest BCUT2D eigenvalue weighted by molar-refractivity contribution is 6.32. The minimum Gasteiger partial charge on any atom is -0.269 e. The Bertz CT molecular complexity index is 675. The van der Waals surface area contributed by atoms with E-state index in [2.05, 4.69) is 4.98 Å². The van der Waals surface area contributed by atoms with Gasteiger partial charge < -0.3 is 0 Å². The molecular weight excluding hydrogens is 295 g/mol. The fourth-order valence-electron chi connectivity index (χ4n) is 2.65. The van der Waals surface area contributed by atoms with E-state index in [-0.39, 0.29) is 23.6 Å². The van der Waals surface area contributed by atoms with Gasteiger partial charge in [-0.1, -0.05) is 19.9 Å². The van der Waals surface area contributed by atoms with Crippen LogP contribution in [0, 0.1) is 5.92 Å². The quantitative estimate of drug-likeness (QED) is 0.796. The molecule has 1 aromatic rings. The van der Waals surface area contributed by atoms with Gasteiger partial charge in [0.25, 0.3) is 11.8 Å². The number of alkyl halides is 1. The lowest BCUT2D eigenvalue weighted by molar-refractivity contribution is -0.120. The summed E-state index contributed by atoms with van der Waals surface area (Å²) in [7, 11) is 0. The molecule has 2 heterocycles. The molecule has 0 aromatic carbocycles. The van der Waals surface area contributed by atoms with Gasteiger partial charge in [0.15, 0.2) is 0 Å². The summed E-state index contributed by atoms with van der Waals surface area (Å²) >= 11 is 0. The Morgan fingerprint density at radius 2 is 1.65 bits per heavy atom. The van der Waals surface area contributed by atoms with Gasteiger partial charge in [0.1, 0.15) is 11.5 Å². The molecule has 0 unspecified atom stereocenters. The first-order valence-corrected chi connectivity index (χ1v) is 7.79. The molecule has 0 fully saturated rings. The molecule has 0 N–H and O–H groups in total. The van der Waals surface area contributed by atoms with Crippen molar-refractivity contribution in [3.8, 4) is 0 Å². The maximum Gasteiger partial charge on any atom is 0.262 e. The second-order valence-electron chi connectivity index (χ2n) is 6.93. The number of hydrogen-bond acceptors (Lipinski definition) is 3. The van der Waals surface area contributed by atoms with Crippen LogP contribution in [0.5, 0.6) is 0 Å². The van der Waals surface area contributed by atoms with E-state index in [1.54, 1.807) is 26.0 Å². The summed E-state index contributed by atoms with van der Waals surface area (Å²) in [5, 5.41) is 0. The average molecular weight is 318 g/mol. The predicted octanol–water partition coefficient (Wildman–Crippen LogP) is 3.69. The summed E-state index contributed by atoms with van der Waals surface area (Å²) in [6, 6.07) is 3.17. The van der Waals surface area contributed by atoms with E-state index in [0.29, 0.717) is 28.8 Å². The highest BCUT2D eigenvalue weighted by atomic mass is 19.1. The Kier molecular flexibility index (Phi) is 4.42. The Labute approximate surface area is 136 Å². The molecule has 5 heteroatoms. The number of pyridine rings is 1. The number of imide groups is 1. The Morgan fingerprint density at radius 1 is 1.13 bits per heavy atom. The molecule has 0 radical (unpaired) electrons. The molecule has 0 atom stereocenters. The number of nitrogens with zero attached hydrogens (tertiary/aromatic N) is 2. The molecule has 0 saturated carbocycles. The van der Waals surface area contributed by atoms with Crippen molar-refractivity contribution in [2.45, 2.75) is 53.6 Å². The molecule has 0 spiro atoms. The van der Waals surface area contributed by atoms with Gasteiger partial charge in [-0.3, -0.25) is 9.59 Å². The Balaban J connectivity index is 2.51. The topological polar surface area (TPSA) is 50.3 Å². The van der Waals surface area contributed by atoms with Crippen LogP contribution in [0.25, 0.3) is 0 Å². The van der Waals surface area contributed by atoms with Crippen LogP contribution in [0.2, 0.25) is 0 Å². The van der Waals surface area contributed by atoms with Gasteiger partial charge in [-0.15, -0.1) is 0 Å². The molecule has 1 aromatic heterocycles. The van der Waals surface area contributed by atoms with E-state index in [0.717, 1.165) is 4.90 Å². The van der Waals surface area contributed by atoms with Crippen LogP contribution < -0.4 is 4.90 Å². The highest BCUT2D eigenvalue weighted by Gasteiger charge is 2.36. The fraction of sp³-hybridized carbons (Fsp3) is 0.500. The van der Waals surface area contributed by atoms with Gasteiger partial charge >= 0.3 is 0 Å². The number of rotatable bonds is 4. The first-order chi connectivity index (χ1) is 10.5. The van der Waals surface area contributed by atoms with Gasteiger partial charge in [-0.2, -0.15) is 0 Å². The minimum absolute atomic E-state index is 0.264. The smallest absolute Gasteiger partial charge is 0.262 e. The monoisotopic (exact) mass is 318 g/mol. The highest BCUT2D eigenvalue weighted by Crippen LogP contribution is 2.32. The average Bonchev–Trinajstić information content (AvgIpc) is 2.61. The van der Waals surface area contributed by atoms with Crippen molar-refractivity contribution in [3.63, 3.8) is 0 Å². The summed E-state index contributed by atoms with van der Waals surface area (Å²) < 4.78 is 14.4. The number of carbonyl (C=O) groups is 2. The minimum atomic E-state index is -1.53. The molecule has 2 amide bonds. The van der Waals surface area contributed by atoms with Gasteiger partial charge in [0.05, 0.1) is 0 Å². The van der Waals surface area contributed by atoms with Crippen LogP contribution in [0.4, 0.5) is 10.2 Å². The molecule has 1 aliphatic heterocycles. The van der Waals surface area contributed by atoms with Crippen molar-refractivity contribution in [1.29, 1.82) is 0 Å². The number of amides is 2.